The molecule has 2 atom stereocenters. The maximum atomic E-state index is 13.2. The van der Waals surface area contributed by atoms with Gasteiger partial charge in [-0.15, -0.1) is 0 Å². The number of rotatable bonds is 2. The topological polar surface area (TPSA) is 80.4 Å². The van der Waals surface area contributed by atoms with E-state index in [1.165, 1.54) is 0 Å². The Bertz CT molecular complexity index is 851. The molecule has 0 saturated carbocycles. The number of aromatic nitrogens is 2. The Morgan fingerprint density at radius 3 is 2.84 bits per heavy atom. The average Bonchev–Trinajstić information content (AvgIpc) is 3.25. The highest BCUT2D eigenvalue weighted by Crippen LogP contribution is 2.30. The summed E-state index contributed by atoms with van der Waals surface area (Å²) in [6.07, 6.45) is 1.72. The van der Waals surface area contributed by atoms with Crippen molar-refractivity contribution in [3.8, 4) is 5.82 Å². The summed E-state index contributed by atoms with van der Waals surface area (Å²) in [5.74, 6) is 1.40. The Hall–Kier alpha value is -2.57. The van der Waals surface area contributed by atoms with E-state index in [1.54, 1.807) is 0 Å². The zero-order valence-corrected chi connectivity index (χ0v) is 14.7. The first-order valence-electron chi connectivity index (χ1n) is 8.68. The zero-order valence-electron chi connectivity index (χ0n) is 14.7. The highest BCUT2D eigenvalue weighted by atomic mass is 16.5. The number of carbonyl (C=O) groups is 2. The third-order valence-corrected chi connectivity index (χ3v) is 5.37. The molecule has 0 aromatic carbocycles. The van der Waals surface area contributed by atoms with Gasteiger partial charge < -0.3 is 14.7 Å². The van der Waals surface area contributed by atoms with Crippen LogP contribution in [0.4, 0.5) is 0 Å². The van der Waals surface area contributed by atoms with E-state index in [4.69, 9.17) is 4.52 Å². The monoisotopic (exact) mass is 342 g/mol. The first-order chi connectivity index (χ1) is 12.0. The van der Waals surface area contributed by atoms with Crippen molar-refractivity contribution in [2.24, 2.45) is 5.92 Å². The second kappa shape index (κ2) is 5.75. The molecule has 7 nitrogen and oxygen atoms in total. The first-order valence-corrected chi connectivity index (χ1v) is 8.68. The van der Waals surface area contributed by atoms with Crippen molar-refractivity contribution in [1.29, 1.82) is 0 Å². The fourth-order valence-electron chi connectivity index (χ4n) is 4.15. The fraction of sp³-hybridized carbons (Fsp3) is 0.500. The minimum absolute atomic E-state index is 0.00855. The van der Waals surface area contributed by atoms with Crippen LogP contribution in [0.25, 0.3) is 5.82 Å². The van der Waals surface area contributed by atoms with Gasteiger partial charge in [0.25, 0.3) is 5.91 Å². The van der Waals surface area contributed by atoms with E-state index in [2.05, 4.69) is 10.5 Å². The molecule has 132 valence electrons. The van der Waals surface area contributed by atoms with Crippen LogP contribution in [0.3, 0.4) is 0 Å². The molecule has 2 fully saturated rings. The fourth-order valence-corrected chi connectivity index (χ4v) is 4.15. The lowest BCUT2D eigenvalue weighted by Gasteiger charge is -2.36. The molecule has 0 spiro atoms. The lowest BCUT2D eigenvalue weighted by Crippen LogP contribution is -2.48. The van der Waals surface area contributed by atoms with Crippen LogP contribution in [0.1, 0.15) is 40.3 Å². The number of nitrogens with one attached hydrogen (secondary N) is 1. The van der Waals surface area contributed by atoms with Crippen LogP contribution in [0.15, 0.2) is 16.7 Å². The largest absolute Gasteiger partial charge is 0.360 e. The van der Waals surface area contributed by atoms with Crippen LogP contribution in [0.5, 0.6) is 0 Å². The Morgan fingerprint density at radius 2 is 2.12 bits per heavy atom. The summed E-state index contributed by atoms with van der Waals surface area (Å²) in [7, 11) is 0. The predicted molar refractivity (Wildman–Crippen MR) is 90.6 cm³/mol. The van der Waals surface area contributed by atoms with Gasteiger partial charge in [0, 0.05) is 30.5 Å². The van der Waals surface area contributed by atoms with Gasteiger partial charge in [-0.1, -0.05) is 5.16 Å². The highest BCUT2D eigenvalue weighted by Gasteiger charge is 2.43. The lowest BCUT2D eigenvalue weighted by molar-refractivity contribution is -0.123. The van der Waals surface area contributed by atoms with Crippen LogP contribution >= 0.6 is 0 Å². The maximum Gasteiger partial charge on any atom is 0.256 e. The normalized spacial score (nSPS) is 22.8. The molecule has 2 amide bonds. The maximum absolute atomic E-state index is 13.2. The minimum Gasteiger partial charge on any atom is -0.360 e. The van der Waals surface area contributed by atoms with Crippen LogP contribution in [-0.2, 0) is 4.79 Å². The number of nitrogens with zero attached hydrogens (tertiary/aromatic N) is 3. The number of piperidine rings is 1. The molecule has 2 aromatic rings. The van der Waals surface area contributed by atoms with Crippen LogP contribution in [0, 0.1) is 26.7 Å². The van der Waals surface area contributed by atoms with E-state index in [9.17, 15) is 9.59 Å². The highest BCUT2D eigenvalue weighted by molar-refractivity contribution is 5.97. The molecule has 2 aliphatic rings. The van der Waals surface area contributed by atoms with Gasteiger partial charge in [-0.25, -0.2) is 0 Å². The Balaban J connectivity index is 1.68. The predicted octanol–water partition coefficient (Wildman–Crippen LogP) is 1.74. The molecule has 4 heterocycles. The second-order valence-corrected chi connectivity index (χ2v) is 6.98. The van der Waals surface area contributed by atoms with Crippen molar-refractivity contribution in [2.75, 3.05) is 13.1 Å². The van der Waals surface area contributed by atoms with Crippen molar-refractivity contribution >= 4 is 11.8 Å². The van der Waals surface area contributed by atoms with Gasteiger partial charge in [0.1, 0.15) is 5.76 Å². The smallest absolute Gasteiger partial charge is 0.256 e. The number of aryl methyl sites for hydroxylation is 2. The third kappa shape index (κ3) is 2.45. The van der Waals surface area contributed by atoms with E-state index >= 15 is 0 Å². The van der Waals surface area contributed by atoms with Gasteiger partial charge in [0.15, 0.2) is 5.82 Å². The molecule has 2 saturated heterocycles. The van der Waals surface area contributed by atoms with Crippen molar-refractivity contribution in [3.05, 3.63) is 34.8 Å². The van der Waals surface area contributed by atoms with E-state index < -0.39 is 0 Å². The van der Waals surface area contributed by atoms with E-state index in [-0.39, 0.29) is 23.8 Å². The molecule has 2 aliphatic heterocycles. The molecule has 25 heavy (non-hydrogen) atoms. The van der Waals surface area contributed by atoms with Crippen molar-refractivity contribution < 1.29 is 14.1 Å². The summed E-state index contributed by atoms with van der Waals surface area (Å²) < 4.78 is 7.11. The third-order valence-electron chi connectivity index (χ3n) is 5.37. The Kier molecular flexibility index (Phi) is 3.67. The number of likely N-dealkylation sites (tertiary alicyclic amines) is 1. The molecule has 7 heteroatoms. The molecule has 1 N–H and O–H groups in total. The summed E-state index contributed by atoms with van der Waals surface area (Å²) in [6, 6.07) is 3.71. The van der Waals surface area contributed by atoms with Crippen molar-refractivity contribution in [1.82, 2.24) is 19.9 Å². The van der Waals surface area contributed by atoms with Crippen LogP contribution < -0.4 is 5.32 Å². The molecule has 4 rings (SSSR count). The van der Waals surface area contributed by atoms with Gasteiger partial charge in [-0.2, -0.15) is 0 Å². The summed E-state index contributed by atoms with van der Waals surface area (Å²) in [5.41, 5.74) is 2.44. The SMILES string of the molecule is Cc1cc(-n2c(C)cc(C(=O)N3CCC[C@H]4C(=O)NC[C@H]43)c2C)no1. The number of amides is 2. The molecular formula is C18H22N4O3. The van der Waals surface area contributed by atoms with Gasteiger partial charge in [0.2, 0.25) is 5.91 Å². The van der Waals surface area contributed by atoms with Gasteiger partial charge in [-0.05, 0) is 39.7 Å². The molecule has 0 radical (unpaired) electrons. The van der Waals surface area contributed by atoms with Gasteiger partial charge >= 0.3 is 0 Å². The van der Waals surface area contributed by atoms with E-state index in [1.807, 2.05) is 42.4 Å². The standard InChI is InChI=1S/C18H22N4O3/c1-10-7-14(12(3)22(10)16-8-11(2)25-20-16)18(24)21-6-4-5-13-15(21)9-19-17(13)23/h7-8,13,15H,4-6,9H2,1-3H3,(H,19,23)/t13-,15-/m1/s1. The molecule has 0 aliphatic carbocycles. The molecular weight excluding hydrogens is 320 g/mol. The number of carbonyl (C=O) groups excluding carboxylic acids is 2. The van der Waals surface area contributed by atoms with E-state index in [0.717, 1.165) is 30.0 Å². The number of fused-ring (bicyclic) bond motifs is 1. The zero-order chi connectivity index (χ0) is 17.7. The van der Waals surface area contributed by atoms with Crippen molar-refractivity contribution in [2.45, 2.75) is 39.7 Å². The molecule has 0 bridgehead atoms. The summed E-state index contributed by atoms with van der Waals surface area (Å²) in [4.78, 5) is 27.0. The van der Waals surface area contributed by atoms with Gasteiger partial charge in [-0.3, -0.25) is 14.2 Å². The summed E-state index contributed by atoms with van der Waals surface area (Å²) in [6.45, 7) is 6.96. The van der Waals surface area contributed by atoms with Crippen molar-refractivity contribution in [3.63, 3.8) is 0 Å². The molecule has 2 aromatic heterocycles. The molecule has 0 unspecified atom stereocenters. The second-order valence-electron chi connectivity index (χ2n) is 6.98. The van der Waals surface area contributed by atoms with E-state index in [0.29, 0.717) is 24.5 Å². The minimum atomic E-state index is -0.0700. The Morgan fingerprint density at radius 1 is 1.32 bits per heavy atom. The lowest BCUT2D eigenvalue weighted by atomic mass is 9.91. The van der Waals surface area contributed by atoms with Gasteiger partial charge in [0.05, 0.1) is 17.5 Å². The summed E-state index contributed by atoms with van der Waals surface area (Å²) >= 11 is 0. The Labute approximate surface area is 146 Å². The van der Waals surface area contributed by atoms with Crippen LogP contribution in [-0.4, -0.2) is 45.6 Å². The quantitative estimate of drug-likeness (QED) is 0.901. The number of hydrogen-bond donors (Lipinski definition) is 1. The van der Waals surface area contributed by atoms with Crippen LogP contribution in [0.2, 0.25) is 0 Å². The first kappa shape index (κ1) is 15.9. The average molecular weight is 342 g/mol. The summed E-state index contributed by atoms with van der Waals surface area (Å²) in [5, 5.41) is 6.96. The number of hydrogen-bond acceptors (Lipinski definition) is 4.